The molecule has 0 amide bonds. The Morgan fingerprint density at radius 2 is 2.12 bits per heavy atom. The molecule has 0 aliphatic heterocycles. The summed E-state index contributed by atoms with van der Waals surface area (Å²) in [5, 5.41) is 5.73. The van der Waals surface area contributed by atoms with Gasteiger partial charge in [0.2, 0.25) is 0 Å². The average molecular weight is 230 g/mol. The second kappa shape index (κ2) is 5.64. The first-order valence-corrected chi connectivity index (χ1v) is 5.96. The third kappa shape index (κ3) is 2.56. The summed E-state index contributed by atoms with van der Waals surface area (Å²) in [6.45, 7) is 3.73. The number of hydrogen-bond donors (Lipinski definition) is 1. The van der Waals surface area contributed by atoms with Crippen molar-refractivity contribution >= 4 is 16.6 Å². The summed E-state index contributed by atoms with van der Waals surface area (Å²) in [6, 6.07) is 8.28. The van der Waals surface area contributed by atoms with Crippen LogP contribution < -0.4 is 5.32 Å². The summed E-state index contributed by atoms with van der Waals surface area (Å²) in [7, 11) is 1.72. The van der Waals surface area contributed by atoms with E-state index in [1.54, 1.807) is 7.11 Å². The van der Waals surface area contributed by atoms with Crippen LogP contribution in [0.2, 0.25) is 0 Å². The number of benzene rings is 1. The molecule has 3 nitrogen and oxygen atoms in total. The normalized spacial score (nSPS) is 10.7. The topological polar surface area (TPSA) is 34.2 Å². The van der Waals surface area contributed by atoms with E-state index in [9.17, 15) is 0 Å². The lowest BCUT2D eigenvalue weighted by atomic mass is 10.1. The first kappa shape index (κ1) is 11.9. The summed E-state index contributed by atoms with van der Waals surface area (Å²) in [6.07, 6.45) is 2.94. The molecule has 2 rings (SSSR count). The highest BCUT2D eigenvalue weighted by Gasteiger charge is 2.05. The van der Waals surface area contributed by atoms with E-state index in [1.807, 2.05) is 12.3 Å². The summed E-state index contributed by atoms with van der Waals surface area (Å²) in [5.74, 6) is 0.960. The van der Waals surface area contributed by atoms with E-state index in [-0.39, 0.29) is 0 Å². The highest BCUT2D eigenvalue weighted by molar-refractivity contribution is 5.93. The number of methoxy groups -OCH3 is 1. The van der Waals surface area contributed by atoms with E-state index in [0.717, 1.165) is 24.2 Å². The maximum Gasteiger partial charge on any atom is 0.133 e. The molecule has 0 aliphatic rings. The van der Waals surface area contributed by atoms with Gasteiger partial charge in [-0.25, -0.2) is 4.98 Å². The quantitative estimate of drug-likeness (QED) is 0.856. The maximum atomic E-state index is 5.22. The van der Waals surface area contributed by atoms with Gasteiger partial charge in [-0.1, -0.05) is 25.1 Å². The molecular weight excluding hydrogens is 212 g/mol. The number of fused-ring (bicyclic) bond motifs is 1. The van der Waals surface area contributed by atoms with Crippen LogP contribution in [0.15, 0.2) is 30.5 Å². The van der Waals surface area contributed by atoms with E-state index in [1.165, 1.54) is 10.9 Å². The number of anilines is 1. The van der Waals surface area contributed by atoms with Crippen molar-refractivity contribution in [3.05, 3.63) is 36.0 Å². The summed E-state index contributed by atoms with van der Waals surface area (Å²) >= 11 is 0. The van der Waals surface area contributed by atoms with E-state index in [4.69, 9.17) is 4.74 Å². The Labute approximate surface area is 102 Å². The van der Waals surface area contributed by atoms with E-state index >= 15 is 0 Å². The Balaban J connectivity index is 2.45. The maximum absolute atomic E-state index is 5.22. The van der Waals surface area contributed by atoms with Crippen molar-refractivity contribution in [3.63, 3.8) is 0 Å². The van der Waals surface area contributed by atoms with Crippen LogP contribution in [-0.4, -0.2) is 18.6 Å². The largest absolute Gasteiger partial charge is 0.380 e. The van der Waals surface area contributed by atoms with Gasteiger partial charge in [0, 0.05) is 25.2 Å². The van der Waals surface area contributed by atoms with Gasteiger partial charge >= 0.3 is 0 Å². The molecule has 0 atom stereocenters. The fourth-order valence-electron chi connectivity index (χ4n) is 1.94. The molecular formula is C14H18N2O. The minimum absolute atomic E-state index is 0.634. The number of hydrogen-bond acceptors (Lipinski definition) is 3. The number of rotatable bonds is 5. The van der Waals surface area contributed by atoms with Gasteiger partial charge in [-0.15, -0.1) is 0 Å². The molecule has 0 unspecified atom stereocenters. The highest BCUT2D eigenvalue weighted by Crippen LogP contribution is 2.24. The van der Waals surface area contributed by atoms with Gasteiger partial charge in [0.25, 0.3) is 0 Å². The van der Waals surface area contributed by atoms with Crippen molar-refractivity contribution in [1.29, 1.82) is 0 Å². The second-order valence-corrected chi connectivity index (χ2v) is 4.03. The molecule has 3 heteroatoms. The Kier molecular flexibility index (Phi) is 3.94. The van der Waals surface area contributed by atoms with Crippen molar-refractivity contribution in [2.75, 3.05) is 19.0 Å². The van der Waals surface area contributed by atoms with Crippen LogP contribution in [0.1, 0.15) is 18.9 Å². The molecule has 1 aromatic carbocycles. The fraction of sp³-hybridized carbons (Fsp3) is 0.357. The second-order valence-electron chi connectivity index (χ2n) is 4.03. The zero-order valence-corrected chi connectivity index (χ0v) is 10.4. The van der Waals surface area contributed by atoms with Crippen molar-refractivity contribution < 1.29 is 4.74 Å². The standard InChI is InChI=1S/C14H18N2O/c1-3-8-15-14-13-6-4-5-11(10-17-2)12(13)7-9-16-14/h4-7,9H,3,8,10H2,1-2H3,(H,15,16). The van der Waals surface area contributed by atoms with Crippen LogP contribution in [0.4, 0.5) is 5.82 Å². The van der Waals surface area contributed by atoms with Crippen molar-refractivity contribution in [3.8, 4) is 0 Å². The molecule has 1 aromatic heterocycles. The molecule has 17 heavy (non-hydrogen) atoms. The smallest absolute Gasteiger partial charge is 0.133 e. The minimum atomic E-state index is 0.634. The lowest BCUT2D eigenvalue weighted by Crippen LogP contribution is -2.02. The van der Waals surface area contributed by atoms with Crippen LogP contribution in [0.5, 0.6) is 0 Å². The first-order valence-electron chi connectivity index (χ1n) is 5.96. The lowest BCUT2D eigenvalue weighted by Gasteiger charge is -2.10. The van der Waals surface area contributed by atoms with Crippen molar-refractivity contribution in [2.45, 2.75) is 20.0 Å². The number of pyridine rings is 1. The molecule has 90 valence electrons. The molecule has 0 radical (unpaired) electrons. The molecule has 0 spiro atoms. The van der Waals surface area contributed by atoms with Crippen LogP contribution in [0.25, 0.3) is 10.8 Å². The molecule has 0 saturated carbocycles. The van der Waals surface area contributed by atoms with Crippen LogP contribution in [-0.2, 0) is 11.3 Å². The summed E-state index contributed by atoms with van der Waals surface area (Å²) in [5.41, 5.74) is 1.20. The van der Waals surface area contributed by atoms with Gasteiger partial charge in [0.1, 0.15) is 5.82 Å². The zero-order chi connectivity index (χ0) is 12.1. The van der Waals surface area contributed by atoms with Crippen molar-refractivity contribution in [2.24, 2.45) is 0 Å². The molecule has 0 saturated heterocycles. The van der Waals surface area contributed by atoms with E-state index in [0.29, 0.717) is 6.61 Å². The molecule has 0 aliphatic carbocycles. The average Bonchev–Trinajstić information content (AvgIpc) is 2.37. The van der Waals surface area contributed by atoms with Gasteiger partial charge in [-0.2, -0.15) is 0 Å². The van der Waals surface area contributed by atoms with E-state index < -0.39 is 0 Å². The minimum Gasteiger partial charge on any atom is -0.380 e. The molecule has 1 heterocycles. The van der Waals surface area contributed by atoms with Gasteiger partial charge in [-0.05, 0) is 23.4 Å². The van der Waals surface area contributed by atoms with Crippen molar-refractivity contribution in [1.82, 2.24) is 4.98 Å². The monoisotopic (exact) mass is 230 g/mol. The van der Waals surface area contributed by atoms with Gasteiger partial charge in [-0.3, -0.25) is 0 Å². The van der Waals surface area contributed by atoms with Gasteiger partial charge in [0.15, 0.2) is 0 Å². The van der Waals surface area contributed by atoms with Crippen LogP contribution >= 0.6 is 0 Å². The molecule has 2 aromatic rings. The van der Waals surface area contributed by atoms with E-state index in [2.05, 4.69) is 35.4 Å². The molecule has 1 N–H and O–H groups in total. The van der Waals surface area contributed by atoms with Crippen LogP contribution in [0, 0.1) is 0 Å². The zero-order valence-electron chi connectivity index (χ0n) is 10.4. The Hall–Kier alpha value is -1.61. The lowest BCUT2D eigenvalue weighted by molar-refractivity contribution is 0.186. The number of ether oxygens (including phenoxy) is 1. The summed E-state index contributed by atoms with van der Waals surface area (Å²) < 4.78 is 5.22. The fourth-order valence-corrected chi connectivity index (χ4v) is 1.94. The van der Waals surface area contributed by atoms with Gasteiger partial charge in [0.05, 0.1) is 6.61 Å². The Bertz CT molecular complexity index is 497. The number of nitrogens with one attached hydrogen (secondary N) is 1. The third-order valence-electron chi connectivity index (χ3n) is 2.74. The predicted octanol–water partition coefficient (Wildman–Crippen LogP) is 3.20. The molecule has 0 fully saturated rings. The Morgan fingerprint density at radius 3 is 2.88 bits per heavy atom. The first-order chi connectivity index (χ1) is 8.36. The van der Waals surface area contributed by atoms with Crippen LogP contribution in [0.3, 0.4) is 0 Å². The predicted molar refractivity (Wildman–Crippen MR) is 71.2 cm³/mol. The third-order valence-corrected chi connectivity index (χ3v) is 2.74. The number of aromatic nitrogens is 1. The highest BCUT2D eigenvalue weighted by atomic mass is 16.5. The molecule has 0 bridgehead atoms. The number of nitrogens with zero attached hydrogens (tertiary/aromatic N) is 1. The SMILES string of the molecule is CCCNc1nccc2c(COC)cccc12. The summed E-state index contributed by atoms with van der Waals surface area (Å²) in [4.78, 5) is 4.39. The van der Waals surface area contributed by atoms with Gasteiger partial charge < -0.3 is 10.1 Å². The Morgan fingerprint density at radius 1 is 1.24 bits per heavy atom.